The maximum atomic E-state index is 12.6. The molecule has 4 rings (SSSR count). The van der Waals surface area contributed by atoms with Crippen molar-refractivity contribution in [2.45, 2.75) is 25.4 Å². The molecule has 11 nitrogen and oxygen atoms in total. The maximum absolute atomic E-state index is 12.6. The Morgan fingerprint density at radius 2 is 2.09 bits per heavy atom. The van der Waals surface area contributed by atoms with E-state index in [0.717, 1.165) is 11.0 Å². The molecule has 12 heteroatoms. The molecular weight excluding hydrogens is 459 g/mol. The molecule has 4 N–H and O–H groups in total. The van der Waals surface area contributed by atoms with Gasteiger partial charge in [0.05, 0.1) is 30.8 Å². The summed E-state index contributed by atoms with van der Waals surface area (Å²) in [5.41, 5.74) is 7.26. The van der Waals surface area contributed by atoms with Crippen molar-refractivity contribution in [1.29, 1.82) is 0 Å². The number of allylic oxidation sites excluding steroid dienone is 1. The van der Waals surface area contributed by atoms with Crippen LogP contribution in [0.25, 0.3) is 11.0 Å². The highest BCUT2D eigenvalue weighted by molar-refractivity contribution is 7.51. The lowest BCUT2D eigenvalue weighted by Crippen LogP contribution is -2.44. The van der Waals surface area contributed by atoms with Gasteiger partial charge >= 0.3 is 7.75 Å². The zero-order valence-electron chi connectivity index (χ0n) is 18.8. The zero-order chi connectivity index (χ0) is 24.3. The molecule has 2 aromatic heterocycles. The van der Waals surface area contributed by atoms with Gasteiger partial charge in [-0.2, -0.15) is 0 Å². The lowest BCUT2D eigenvalue weighted by molar-refractivity contribution is -0.122. The zero-order valence-corrected chi connectivity index (χ0v) is 19.7. The number of anilines is 2. The lowest BCUT2D eigenvalue weighted by atomic mass is 10.1. The minimum absolute atomic E-state index is 0.00535. The van der Waals surface area contributed by atoms with E-state index < -0.39 is 19.7 Å². The van der Waals surface area contributed by atoms with E-state index in [0.29, 0.717) is 17.9 Å². The first kappa shape index (κ1) is 23.9. The van der Waals surface area contributed by atoms with Crippen LogP contribution in [0.2, 0.25) is 0 Å². The lowest BCUT2D eigenvalue weighted by Gasteiger charge is -2.28. The van der Waals surface area contributed by atoms with Crippen LogP contribution in [0.4, 0.5) is 11.5 Å². The number of benzene rings is 1. The van der Waals surface area contributed by atoms with E-state index >= 15 is 0 Å². The Bertz CT molecular complexity index is 1230. The Labute approximate surface area is 196 Å². The Hall–Kier alpha value is -3.24. The van der Waals surface area contributed by atoms with Crippen molar-refractivity contribution >= 4 is 36.2 Å². The topological polar surface area (TPSA) is 145 Å². The first-order valence-electron chi connectivity index (χ1n) is 10.7. The number of fused-ring (bicyclic) bond motifs is 1. The van der Waals surface area contributed by atoms with Crippen molar-refractivity contribution in [3.8, 4) is 0 Å². The van der Waals surface area contributed by atoms with Gasteiger partial charge in [0.25, 0.3) is 5.91 Å². The van der Waals surface area contributed by atoms with Gasteiger partial charge in [0.15, 0.2) is 0 Å². The van der Waals surface area contributed by atoms with Crippen molar-refractivity contribution in [2.75, 3.05) is 24.5 Å². The summed E-state index contributed by atoms with van der Waals surface area (Å²) in [7, 11) is -2.96. The van der Waals surface area contributed by atoms with Gasteiger partial charge in [-0.25, -0.2) is 19.6 Å². The molecule has 4 atom stereocenters. The molecule has 1 amide bonds. The SMILES string of the molecule is CON(c1ccccc1)[C@@H](C)C(=O)NP(=O)(O)OC[C@H]1C=C[C@@H](n2ccc3c(N)ncnc32)C1. The number of aromatic nitrogens is 3. The highest BCUT2D eigenvalue weighted by atomic mass is 31.2. The monoisotopic (exact) mass is 486 g/mol. The number of nitrogens with zero attached hydrogens (tertiary/aromatic N) is 4. The Kier molecular flexibility index (Phi) is 6.99. The Morgan fingerprint density at radius 3 is 2.82 bits per heavy atom. The fourth-order valence-corrected chi connectivity index (χ4v) is 4.89. The third-order valence-corrected chi connectivity index (χ3v) is 6.70. The molecule has 0 aliphatic heterocycles. The van der Waals surface area contributed by atoms with Gasteiger partial charge in [0, 0.05) is 12.1 Å². The number of amides is 1. The number of nitrogen functional groups attached to an aromatic ring is 1. The third kappa shape index (κ3) is 5.13. The van der Waals surface area contributed by atoms with Crippen molar-refractivity contribution in [2.24, 2.45) is 5.92 Å². The minimum atomic E-state index is -4.38. The van der Waals surface area contributed by atoms with Crippen molar-refractivity contribution in [3.05, 3.63) is 61.1 Å². The van der Waals surface area contributed by atoms with Crippen LogP contribution in [0, 0.1) is 5.92 Å². The van der Waals surface area contributed by atoms with Gasteiger partial charge in [0.2, 0.25) is 0 Å². The van der Waals surface area contributed by atoms with E-state index in [2.05, 4.69) is 15.1 Å². The first-order valence-corrected chi connectivity index (χ1v) is 12.3. The maximum Gasteiger partial charge on any atom is 0.432 e. The Morgan fingerprint density at radius 1 is 1.32 bits per heavy atom. The van der Waals surface area contributed by atoms with Crippen LogP contribution in [0.15, 0.2) is 61.1 Å². The van der Waals surface area contributed by atoms with Crippen molar-refractivity contribution in [1.82, 2.24) is 19.6 Å². The number of carbonyl (C=O) groups is 1. The summed E-state index contributed by atoms with van der Waals surface area (Å²) in [5, 5.41) is 4.22. The van der Waals surface area contributed by atoms with Crippen LogP contribution in [0.3, 0.4) is 0 Å². The molecule has 0 radical (unpaired) electrons. The van der Waals surface area contributed by atoms with Crippen LogP contribution < -0.4 is 15.9 Å². The van der Waals surface area contributed by atoms with Gasteiger partial charge < -0.3 is 15.2 Å². The molecular formula is C22H27N6O5P. The quantitative estimate of drug-likeness (QED) is 0.236. The molecule has 2 heterocycles. The van der Waals surface area contributed by atoms with Gasteiger partial charge in [0.1, 0.15) is 23.8 Å². The van der Waals surface area contributed by atoms with E-state index in [1.165, 1.54) is 18.5 Å². The van der Waals surface area contributed by atoms with Gasteiger partial charge in [-0.1, -0.05) is 30.4 Å². The number of hydroxylamine groups is 1. The van der Waals surface area contributed by atoms with Gasteiger partial charge in [-0.3, -0.25) is 19.2 Å². The highest BCUT2D eigenvalue weighted by Crippen LogP contribution is 2.40. The van der Waals surface area contributed by atoms with Gasteiger partial charge in [-0.15, -0.1) is 0 Å². The van der Waals surface area contributed by atoms with E-state index in [-0.39, 0.29) is 18.6 Å². The second-order valence-electron chi connectivity index (χ2n) is 7.98. The number of hydrogen-bond acceptors (Lipinski definition) is 8. The molecule has 3 aromatic rings. The molecule has 1 unspecified atom stereocenters. The van der Waals surface area contributed by atoms with Crippen molar-refractivity contribution in [3.63, 3.8) is 0 Å². The first-order chi connectivity index (χ1) is 16.3. The highest BCUT2D eigenvalue weighted by Gasteiger charge is 2.31. The standard InChI is InChI=1S/C22H27N6O5P/c1-15(28(32-2)17-6-4-3-5-7-17)22(29)26-34(30,31)33-13-16-8-9-18(12-16)27-11-10-19-20(23)24-14-25-21(19)27/h3-11,14-16,18H,12-13H2,1-2H3,(H2,23,24,25)(H2,26,29,30,31)/t15-,16-,18+/m0/s1. The molecule has 34 heavy (non-hydrogen) atoms. The predicted octanol–water partition coefficient (Wildman–Crippen LogP) is 2.82. The third-order valence-electron chi connectivity index (χ3n) is 5.70. The number of nitrogens with one attached hydrogen (secondary N) is 1. The summed E-state index contributed by atoms with van der Waals surface area (Å²) < 4.78 is 19.8. The molecule has 0 fully saturated rings. The molecule has 0 spiro atoms. The number of carbonyl (C=O) groups excluding carboxylic acids is 1. The van der Waals surface area contributed by atoms with Crippen LogP contribution in [-0.2, 0) is 18.7 Å². The summed E-state index contributed by atoms with van der Waals surface area (Å²) >= 11 is 0. The molecule has 180 valence electrons. The average molecular weight is 486 g/mol. The van der Waals surface area contributed by atoms with E-state index in [9.17, 15) is 14.3 Å². The Balaban J connectivity index is 1.32. The molecule has 1 aliphatic rings. The van der Waals surface area contributed by atoms with E-state index in [1.54, 1.807) is 31.2 Å². The average Bonchev–Trinajstić information content (AvgIpc) is 3.46. The summed E-state index contributed by atoms with van der Waals surface area (Å²) in [6.45, 7) is 1.53. The number of nitrogens with two attached hydrogens (primary N) is 1. The van der Waals surface area contributed by atoms with Crippen LogP contribution >= 0.6 is 7.75 Å². The summed E-state index contributed by atoms with van der Waals surface area (Å²) in [6, 6.07) is 9.94. The van der Waals surface area contributed by atoms with Crippen LogP contribution in [0.1, 0.15) is 19.4 Å². The summed E-state index contributed by atoms with van der Waals surface area (Å²) in [6.07, 6.45) is 7.87. The molecule has 1 aromatic carbocycles. The van der Waals surface area contributed by atoms with Crippen LogP contribution in [-0.4, -0.2) is 45.1 Å². The summed E-state index contributed by atoms with van der Waals surface area (Å²) in [4.78, 5) is 36.4. The summed E-state index contributed by atoms with van der Waals surface area (Å²) in [5.74, 6) is -0.403. The second kappa shape index (κ2) is 9.94. The number of hydrogen-bond donors (Lipinski definition) is 3. The smallest absolute Gasteiger partial charge is 0.383 e. The largest absolute Gasteiger partial charge is 0.432 e. The fraction of sp³-hybridized carbons (Fsp3) is 0.318. The van der Waals surface area contributed by atoms with E-state index in [4.69, 9.17) is 15.1 Å². The minimum Gasteiger partial charge on any atom is -0.383 e. The van der Waals surface area contributed by atoms with E-state index in [1.807, 2.05) is 35.0 Å². The second-order valence-corrected chi connectivity index (χ2v) is 9.50. The van der Waals surface area contributed by atoms with Gasteiger partial charge in [-0.05, 0) is 31.5 Å². The molecule has 0 bridgehead atoms. The normalized spacial score (nSPS) is 20.2. The number of rotatable bonds is 9. The fourth-order valence-electron chi connectivity index (χ4n) is 3.97. The molecule has 1 aliphatic carbocycles. The molecule has 0 saturated heterocycles. The van der Waals surface area contributed by atoms with Crippen molar-refractivity contribution < 1.29 is 23.6 Å². The predicted molar refractivity (Wildman–Crippen MR) is 128 cm³/mol. The number of para-hydroxylation sites is 1. The van der Waals surface area contributed by atoms with Crippen LogP contribution in [0.5, 0.6) is 0 Å². The molecule has 0 saturated carbocycles.